The Kier molecular flexibility index (Phi) is 2.28. The molecule has 0 amide bonds. The summed E-state index contributed by atoms with van der Waals surface area (Å²) < 4.78 is 0.671. The maximum absolute atomic E-state index is 10.8. The van der Waals surface area contributed by atoms with Gasteiger partial charge >= 0.3 is 5.97 Å². The predicted molar refractivity (Wildman–Crippen MR) is 60.8 cm³/mol. The van der Waals surface area contributed by atoms with E-state index in [2.05, 4.69) is 4.98 Å². The molecule has 0 saturated carbocycles. The molecule has 0 aliphatic heterocycles. The summed E-state index contributed by atoms with van der Waals surface area (Å²) in [6, 6.07) is 6.72. The molecule has 0 unspecified atom stereocenters. The third-order valence-corrected chi connectivity index (χ3v) is 2.55. The summed E-state index contributed by atoms with van der Waals surface area (Å²) in [5, 5.41) is 9.62. The molecule has 0 spiro atoms. The molecule has 4 heteroatoms. The summed E-state index contributed by atoms with van der Waals surface area (Å²) in [5.41, 5.74) is 2.09. The number of benzene rings is 1. The predicted octanol–water partition coefficient (Wildman–Crippen LogP) is 2.90. The smallest absolute Gasteiger partial charge is 0.335 e. The Hall–Kier alpha value is -1.68. The van der Waals surface area contributed by atoms with Crippen molar-refractivity contribution < 1.29 is 9.90 Å². The third kappa shape index (κ3) is 1.76. The molecule has 0 fully saturated rings. The number of carboxylic acid groups (broad SMARTS) is 1. The van der Waals surface area contributed by atoms with E-state index in [9.17, 15) is 4.79 Å². The van der Waals surface area contributed by atoms with Crippen molar-refractivity contribution in [3.8, 4) is 0 Å². The van der Waals surface area contributed by atoms with Gasteiger partial charge in [-0.2, -0.15) is 0 Å². The summed E-state index contributed by atoms with van der Waals surface area (Å²) in [6.07, 6.45) is 0. The van der Waals surface area contributed by atoms with Gasteiger partial charge in [-0.1, -0.05) is 12.2 Å². The molecule has 1 heterocycles. The average Bonchev–Trinajstić information content (AvgIpc) is 2.16. The highest BCUT2D eigenvalue weighted by molar-refractivity contribution is 7.71. The minimum absolute atomic E-state index is 0.255. The number of hydrogen-bond donors (Lipinski definition) is 2. The molecule has 0 bridgehead atoms. The maximum Gasteiger partial charge on any atom is 0.335 e. The number of aromatic carboxylic acids is 1. The van der Waals surface area contributed by atoms with Gasteiger partial charge in [0.15, 0.2) is 0 Å². The van der Waals surface area contributed by atoms with Crippen molar-refractivity contribution in [2.75, 3.05) is 0 Å². The number of aromatic nitrogens is 1. The van der Waals surface area contributed by atoms with Crippen LogP contribution in [0.1, 0.15) is 16.1 Å². The summed E-state index contributed by atoms with van der Waals surface area (Å²) in [6.45, 7) is 1.92. The van der Waals surface area contributed by atoms with Crippen molar-refractivity contribution in [1.29, 1.82) is 0 Å². The van der Waals surface area contributed by atoms with Crippen molar-refractivity contribution in [2.24, 2.45) is 0 Å². The molecule has 1 aromatic heterocycles. The fourth-order valence-corrected chi connectivity index (χ4v) is 1.86. The van der Waals surface area contributed by atoms with E-state index in [0.29, 0.717) is 4.51 Å². The lowest BCUT2D eigenvalue weighted by atomic mass is 10.1. The van der Waals surface area contributed by atoms with Gasteiger partial charge in [0.25, 0.3) is 0 Å². The standard InChI is InChI=1S/C11H9NO2S/c1-6-4-10(15)8-5-7(11(13)14)2-3-9(8)12-6/h2-5H,1H3,(H,12,15)(H,13,14). The normalized spacial score (nSPS) is 10.5. The Bertz CT molecular complexity index is 601. The van der Waals surface area contributed by atoms with Gasteiger partial charge in [0, 0.05) is 21.1 Å². The number of aromatic amines is 1. The largest absolute Gasteiger partial charge is 0.478 e. The van der Waals surface area contributed by atoms with Crippen LogP contribution >= 0.6 is 12.2 Å². The number of aryl methyl sites for hydroxylation is 1. The Morgan fingerprint density at radius 1 is 1.40 bits per heavy atom. The number of carbonyl (C=O) groups is 1. The van der Waals surface area contributed by atoms with Gasteiger partial charge in [0.2, 0.25) is 0 Å². The number of hydrogen-bond acceptors (Lipinski definition) is 2. The van der Waals surface area contributed by atoms with Crippen molar-refractivity contribution in [2.45, 2.75) is 6.92 Å². The molecular weight excluding hydrogens is 210 g/mol. The first-order valence-electron chi connectivity index (χ1n) is 4.45. The van der Waals surface area contributed by atoms with E-state index in [1.807, 2.05) is 13.0 Å². The molecule has 2 rings (SSSR count). The summed E-state index contributed by atoms with van der Waals surface area (Å²) in [7, 11) is 0. The van der Waals surface area contributed by atoms with Crippen LogP contribution in [0.5, 0.6) is 0 Å². The number of pyridine rings is 1. The van der Waals surface area contributed by atoms with Crippen LogP contribution in [0.3, 0.4) is 0 Å². The van der Waals surface area contributed by atoms with Crippen LogP contribution in [0.25, 0.3) is 10.9 Å². The third-order valence-electron chi connectivity index (χ3n) is 2.21. The minimum Gasteiger partial charge on any atom is -0.478 e. The molecule has 0 aliphatic carbocycles. The number of nitrogens with one attached hydrogen (secondary N) is 1. The van der Waals surface area contributed by atoms with E-state index >= 15 is 0 Å². The first-order chi connectivity index (χ1) is 7.08. The zero-order chi connectivity index (χ0) is 11.0. The molecule has 0 radical (unpaired) electrons. The van der Waals surface area contributed by atoms with Crippen LogP contribution in [0, 0.1) is 11.4 Å². The minimum atomic E-state index is -0.938. The second-order valence-corrected chi connectivity index (χ2v) is 3.82. The second-order valence-electron chi connectivity index (χ2n) is 3.38. The fourth-order valence-electron chi connectivity index (χ4n) is 1.51. The molecule has 0 saturated heterocycles. The van der Waals surface area contributed by atoms with Crippen LogP contribution in [0.2, 0.25) is 0 Å². The topological polar surface area (TPSA) is 53.1 Å². The zero-order valence-electron chi connectivity index (χ0n) is 8.07. The van der Waals surface area contributed by atoms with Crippen LogP contribution in [-0.4, -0.2) is 16.1 Å². The quantitative estimate of drug-likeness (QED) is 0.725. The summed E-state index contributed by atoms with van der Waals surface area (Å²) in [4.78, 5) is 13.9. The molecule has 0 aliphatic rings. The fraction of sp³-hybridized carbons (Fsp3) is 0.0909. The van der Waals surface area contributed by atoms with Gasteiger partial charge < -0.3 is 10.1 Å². The van der Waals surface area contributed by atoms with E-state index in [0.717, 1.165) is 16.6 Å². The van der Waals surface area contributed by atoms with Crippen LogP contribution in [-0.2, 0) is 0 Å². The van der Waals surface area contributed by atoms with Crippen molar-refractivity contribution in [3.63, 3.8) is 0 Å². The molecule has 0 atom stereocenters. The van der Waals surface area contributed by atoms with Crippen LogP contribution in [0.15, 0.2) is 24.3 Å². The maximum atomic E-state index is 10.8. The zero-order valence-corrected chi connectivity index (χ0v) is 8.89. The molecule has 3 nitrogen and oxygen atoms in total. The van der Waals surface area contributed by atoms with Gasteiger partial charge in [-0.15, -0.1) is 0 Å². The van der Waals surface area contributed by atoms with E-state index in [1.54, 1.807) is 18.2 Å². The average molecular weight is 219 g/mol. The molecule has 15 heavy (non-hydrogen) atoms. The highest BCUT2D eigenvalue weighted by atomic mass is 32.1. The van der Waals surface area contributed by atoms with Crippen LogP contribution < -0.4 is 0 Å². The number of fused-ring (bicyclic) bond motifs is 1. The lowest BCUT2D eigenvalue weighted by Gasteiger charge is -2.02. The number of H-pyrrole nitrogens is 1. The second kappa shape index (κ2) is 3.47. The van der Waals surface area contributed by atoms with E-state index in [4.69, 9.17) is 17.3 Å². The Balaban J connectivity index is 2.83. The Morgan fingerprint density at radius 2 is 2.13 bits per heavy atom. The first-order valence-corrected chi connectivity index (χ1v) is 4.86. The van der Waals surface area contributed by atoms with Gasteiger partial charge in [-0.05, 0) is 31.2 Å². The molecule has 76 valence electrons. The van der Waals surface area contributed by atoms with E-state index in [1.165, 1.54) is 0 Å². The Labute approximate surface area is 91.4 Å². The summed E-state index contributed by atoms with van der Waals surface area (Å²) >= 11 is 5.17. The van der Waals surface area contributed by atoms with Crippen LogP contribution in [0.4, 0.5) is 0 Å². The van der Waals surface area contributed by atoms with Crippen molar-refractivity contribution in [3.05, 3.63) is 40.0 Å². The molecular formula is C11H9NO2S. The van der Waals surface area contributed by atoms with Gasteiger partial charge in [-0.25, -0.2) is 4.79 Å². The van der Waals surface area contributed by atoms with Gasteiger partial charge in [0.1, 0.15) is 0 Å². The SMILES string of the molecule is Cc1cc(=S)c2cc(C(=O)O)ccc2[nH]1. The van der Waals surface area contributed by atoms with Gasteiger partial charge in [0.05, 0.1) is 5.56 Å². The van der Waals surface area contributed by atoms with E-state index < -0.39 is 5.97 Å². The lowest BCUT2D eigenvalue weighted by Crippen LogP contribution is -1.96. The number of rotatable bonds is 1. The first kappa shape index (κ1) is 9.86. The van der Waals surface area contributed by atoms with Crippen molar-refractivity contribution in [1.82, 2.24) is 4.98 Å². The molecule has 1 aromatic carbocycles. The van der Waals surface area contributed by atoms with Gasteiger partial charge in [-0.3, -0.25) is 0 Å². The highest BCUT2D eigenvalue weighted by Gasteiger charge is 2.04. The van der Waals surface area contributed by atoms with E-state index in [-0.39, 0.29) is 5.56 Å². The molecule has 2 N–H and O–H groups in total. The molecule has 2 aromatic rings. The summed E-state index contributed by atoms with van der Waals surface area (Å²) in [5.74, 6) is -0.938. The lowest BCUT2D eigenvalue weighted by molar-refractivity contribution is 0.0697. The Morgan fingerprint density at radius 3 is 2.80 bits per heavy atom. The van der Waals surface area contributed by atoms with Crippen molar-refractivity contribution >= 4 is 29.1 Å². The number of carboxylic acids is 1. The highest BCUT2D eigenvalue weighted by Crippen LogP contribution is 2.16. The monoisotopic (exact) mass is 219 g/mol.